The van der Waals surface area contributed by atoms with Gasteiger partial charge in [0.15, 0.2) is 0 Å². The summed E-state index contributed by atoms with van der Waals surface area (Å²) in [5.41, 5.74) is 1.60. The highest BCUT2D eigenvalue weighted by Crippen LogP contribution is 2.46. The van der Waals surface area contributed by atoms with Gasteiger partial charge in [0.05, 0.1) is 18.3 Å². The Labute approximate surface area is 142 Å². The van der Waals surface area contributed by atoms with Crippen molar-refractivity contribution in [1.82, 2.24) is 0 Å². The van der Waals surface area contributed by atoms with Crippen molar-refractivity contribution in [1.29, 1.82) is 0 Å². The number of rotatable bonds is 5. The highest BCUT2D eigenvalue weighted by atomic mass is 28.4. The van der Waals surface area contributed by atoms with Gasteiger partial charge in [-0.15, -0.1) is 0 Å². The molecule has 23 heavy (non-hydrogen) atoms. The molecule has 4 heteroatoms. The molecule has 0 saturated heterocycles. The molecule has 0 radical (unpaired) electrons. The van der Waals surface area contributed by atoms with E-state index in [9.17, 15) is 10.2 Å². The number of aliphatic hydroxyl groups is 2. The first kappa shape index (κ1) is 18.9. The highest BCUT2D eigenvalue weighted by Gasteiger charge is 2.49. The average Bonchev–Trinajstić information content (AvgIpc) is 2.45. The fourth-order valence-electron chi connectivity index (χ4n) is 4.99. The molecule has 2 aliphatic rings. The van der Waals surface area contributed by atoms with Crippen molar-refractivity contribution in [3.63, 3.8) is 0 Å². The molecule has 0 saturated carbocycles. The predicted molar refractivity (Wildman–Crippen MR) is 97.8 cm³/mol. The Balaban J connectivity index is 2.33. The van der Waals surface area contributed by atoms with E-state index in [1.165, 1.54) is 0 Å². The monoisotopic (exact) mass is 338 g/mol. The molecule has 0 aromatic heterocycles. The van der Waals surface area contributed by atoms with Crippen LogP contribution in [0.5, 0.6) is 0 Å². The van der Waals surface area contributed by atoms with Gasteiger partial charge in [0.1, 0.15) is 0 Å². The van der Waals surface area contributed by atoms with E-state index in [4.69, 9.17) is 4.43 Å². The van der Waals surface area contributed by atoms with Gasteiger partial charge in [-0.2, -0.15) is 0 Å². The first-order chi connectivity index (χ1) is 10.7. The zero-order valence-electron chi connectivity index (χ0n) is 15.4. The summed E-state index contributed by atoms with van der Waals surface area (Å²) in [6.45, 7) is 13.8. The number of aliphatic hydroxyl groups excluding tert-OH is 2. The van der Waals surface area contributed by atoms with Gasteiger partial charge >= 0.3 is 0 Å². The van der Waals surface area contributed by atoms with Crippen molar-refractivity contribution >= 4 is 8.32 Å². The number of hydrogen-bond donors (Lipinski definition) is 2. The van der Waals surface area contributed by atoms with E-state index >= 15 is 0 Å². The van der Waals surface area contributed by atoms with Crippen molar-refractivity contribution in [2.75, 3.05) is 0 Å². The molecule has 0 aromatic carbocycles. The number of allylic oxidation sites excluding steroid dienone is 1. The van der Waals surface area contributed by atoms with E-state index in [0.717, 1.165) is 6.42 Å². The van der Waals surface area contributed by atoms with Gasteiger partial charge < -0.3 is 14.6 Å². The lowest BCUT2D eigenvalue weighted by Crippen LogP contribution is -2.54. The second-order valence-corrected chi connectivity index (χ2v) is 13.6. The van der Waals surface area contributed by atoms with E-state index in [-0.39, 0.29) is 17.9 Å². The Morgan fingerprint density at radius 3 is 1.91 bits per heavy atom. The normalized spacial score (nSPS) is 34.5. The molecule has 2 rings (SSSR count). The van der Waals surface area contributed by atoms with Gasteiger partial charge in [-0.3, -0.25) is 0 Å². The topological polar surface area (TPSA) is 49.7 Å². The molecule has 0 fully saturated rings. The average molecular weight is 339 g/mol. The van der Waals surface area contributed by atoms with Gasteiger partial charge in [-0.25, -0.2) is 0 Å². The van der Waals surface area contributed by atoms with Crippen LogP contribution in [0.2, 0.25) is 16.6 Å². The van der Waals surface area contributed by atoms with Crippen LogP contribution in [0.1, 0.15) is 48.0 Å². The third-order valence-electron chi connectivity index (χ3n) is 5.99. The molecule has 2 N–H and O–H groups in total. The van der Waals surface area contributed by atoms with Crippen molar-refractivity contribution < 1.29 is 14.6 Å². The summed E-state index contributed by atoms with van der Waals surface area (Å²) < 4.78 is 6.93. The lowest BCUT2D eigenvalue weighted by atomic mass is 9.72. The van der Waals surface area contributed by atoms with E-state index in [2.05, 4.69) is 41.5 Å². The molecule has 2 aliphatic carbocycles. The molecule has 0 unspecified atom stereocenters. The summed E-state index contributed by atoms with van der Waals surface area (Å²) >= 11 is 0. The van der Waals surface area contributed by atoms with Crippen LogP contribution in [0.4, 0.5) is 0 Å². The minimum Gasteiger partial charge on any atom is -0.409 e. The molecular weight excluding hydrogens is 304 g/mol. The molecule has 0 amide bonds. The maximum atomic E-state index is 10.3. The molecule has 0 heterocycles. The van der Waals surface area contributed by atoms with E-state index in [0.29, 0.717) is 16.6 Å². The van der Waals surface area contributed by atoms with Gasteiger partial charge in [0, 0.05) is 5.92 Å². The van der Waals surface area contributed by atoms with Crippen molar-refractivity contribution in [3.05, 3.63) is 24.3 Å². The van der Waals surface area contributed by atoms with Gasteiger partial charge in [0.2, 0.25) is 8.32 Å². The second-order valence-electron chi connectivity index (χ2n) is 8.17. The van der Waals surface area contributed by atoms with Crippen LogP contribution < -0.4 is 0 Å². The Morgan fingerprint density at radius 2 is 1.39 bits per heavy atom. The van der Waals surface area contributed by atoms with Crippen molar-refractivity contribution in [2.24, 2.45) is 11.8 Å². The molecule has 0 bridgehead atoms. The molecular formula is C19H34O3Si. The summed E-state index contributed by atoms with van der Waals surface area (Å²) in [7, 11) is -1.97. The molecule has 0 aromatic rings. The van der Waals surface area contributed by atoms with Crippen LogP contribution >= 0.6 is 0 Å². The van der Waals surface area contributed by atoms with Crippen molar-refractivity contribution in [2.45, 2.75) is 82.9 Å². The van der Waals surface area contributed by atoms with Gasteiger partial charge in [-0.1, -0.05) is 65.8 Å². The summed E-state index contributed by atoms with van der Waals surface area (Å²) in [5.74, 6) is 0.0197. The fourth-order valence-corrected chi connectivity index (χ4v) is 10.5. The van der Waals surface area contributed by atoms with Crippen LogP contribution in [0.25, 0.3) is 0 Å². The first-order valence-electron chi connectivity index (χ1n) is 9.10. The Morgan fingerprint density at radius 1 is 0.870 bits per heavy atom. The maximum Gasteiger partial charge on any atom is 0.201 e. The summed E-state index contributed by atoms with van der Waals surface area (Å²) in [6, 6.07) is 0. The predicted octanol–water partition coefficient (Wildman–Crippen LogP) is 4.03. The quantitative estimate of drug-likeness (QED) is 0.588. The Bertz CT molecular complexity index is 434. The second kappa shape index (κ2) is 7.22. The van der Waals surface area contributed by atoms with Crippen LogP contribution in [-0.4, -0.2) is 36.8 Å². The SMILES string of the molecule is CC(C)[Si](O[C@H]1C=C[C@@H](O)[C@@H]2[C@H]1CC=C[C@@H]2O)(C(C)C)C(C)C. The number of fused-ring (bicyclic) bond motifs is 1. The molecule has 0 spiro atoms. The lowest BCUT2D eigenvalue weighted by molar-refractivity contribution is -0.0230. The fraction of sp³-hybridized carbons (Fsp3) is 0.789. The van der Waals surface area contributed by atoms with Gasteiger partial charge in [0.25, 0.3) is 0 Å². The van der Waals surface area contributed by atoms with E-state index in [1.54, 1.807) is 0 Å². The minimum atomic E-state index is -1.97. The van der Waals surface area contributed by atoms with E-state index < -0.39 is 20.5 Å². The zero-order valence-corrected chi connectivity index (χ0v) is 16.4. The molecule has 3 nitrogen and oxygen atoms in total. The summed E-state index contributed by atoms with van der Waals surface area (Å²) in [6.07, 6.45) is 7.45. The Kier molecular flexibility index (Phi) is 5.93. The number of hydrogen-bond acceptors (Lipinski definition) is 3. The smallest absolute Gasteiger partial charge is 0.201 e. The van der Waals surface area contributed by atoms with Crippen LogP contribution in [0.3, 0.4) is 0 Å². The van der Waals surface area contributed by atoms with E-state index in [1.807, 2.05) is 24.3 Å². The summed E-state index contributed by atoms with van der Waals surface area (Å²) in [4.78, 5) is 0. The van der Waals surface area contributed by atoms with Crippen LogP contribution in [0, 0.1) is 11.8 Å². The minimum absolute atomic E-state index is 0.00173. The standard InChI is InChI=1S/C19H34O3Si/c1-12(2)23(13(3)4,14(5)6)22-18-11-10-17(21)19-15(18)8-7-9-16(19)20/h7,9-21H,8H2,1-6H3/t15-,16-,17+,18-,19+/m0/s1. The van der Waals surface area contributed by atoms with Gasteiger partial charge in [-0.05, 0) is 29.0 Å². The third kappa shape index (κ3) is 3.36. The maximum absolute atomic E-state index is 10.3. The largest absolute Gasteiger partial charge is 0.409 e. The molecule has 0 aliphatic heterocycles. The molecule has 5 atom stereocenters. The highest BCUT2D eigenvalue weighted by molar-refractivity contribution is 6.77. The zero-order chi connectivity index (χ0) is 17.4. The molecule has 132 valence electrons. The van der Waals surface area contributed by atoms with Crippen molar-refractivity contribution in [3.8, 4) is 0 Å². The first-order valence-corrected chi connectivity index (χ1v) is 11.2. The summed E-state index contributed by atoms with van der Waals surface area (Å²) in [5, 5.41) is 20.6. The lowest BCUT2D eigenvalue weighted by Gasteiger charge is -2.49. The Hall–Kier alpha value is -0.423. The van der Waals surface area contributed by atoms with Crippen LogP contribution in [0.15, 0.2) is 24.3 Å². The van der Waals surface area contributed by atoms with Crippen LogP contribution in [-0.2, 0) is 4.43 Å². The third-order valence-corrected chi connectivity index (χ3v) is 12.1.